The summed E-state index contributed by atoms with van der Waals surface area (Å²) in [5, 5.41) is 8.57. The second kappa shape index (κ2) is 8.33. The number of rotatable bonds is 7. The number of aliphatic carboxylic acids is 1. The second-order valence-electron chi connectivity index (χ2n) is 5.34. The summed E-state index contributed by atoms with van der Waals surface area (Å²) in [5.74, 6) is -0.950. The SMILES string of the molecule is O=C(O)CCOc1cccc(/C=C/C(=O)c2ccc(C(F)(F)F)cc2)c1. The summed E-state index contributed by atoms with van der Waals surface area (Å²) in [6.07, 6.45) is -1.83. The zero-order chi connectivity index (χ0) is 19.2. The predicted octanol–water partition coefficient (Wildman–Crippen LogP) is 4.46. The van der Waals surface area contributed by atoms with Crippen LogP contribution in [0.4, 0.5) is 13.2 Å². The molecule has 0 atom stereocenters. The molecule has 2 aromatic carbocycles. The van der Waals surface area contributed by atoms with Crippen LogP contribution in [0.25, 0.3) is 6.08 Å². The quantitative estimate of drug-likeness (QED) is 0.582. The highest BCUT2D eigenvalue weighted by Crippen LogP contribution is 2.29. The van der Waals surface area contributed by atoms with Crippen LogP contribution in [0.2, 0.25) is 0 Å². The molecule has 0 amide bonds. The van der Waals surface area contributed by atoms with Crippen LogP contribution in [0.5, 0.6) is 5.75 Å². The van der Waals surface area contributed by atoms with Crippen LogP contribution in [0.1, 0.15) is 27.9 Å². The van der Waals surface area contributed by atoms with Gasteiger partial charge in [0.25, 0.3) is 0 Å². The first-order valence-electron chi connectivity index (χ1n) is 7.60. The van der Waals surface area contributed by atoms with Gasteiger partial charge in [0.05, 0.1) is 18.6 Å². The number of carbonyl (C=O) groups is 2. The number of allylic oxidation sites excluding steroid dienone is 1. The minimum absolute atomic E-state index is 0.0208. The average Bonchev–Trinajstić information content (AvgIpc) is 2.59. The second-order valence-corrected chi connectivity index (χ2v) is 5.34. The largest absolute Gasteiger partial charge is 0.493 e. The Morgan fingerprint density at radius 1 is 1.08 bits per heavy atom. The van der Waals surface area contributed by atoms with Gasteiger partial charge in [-0.2, -0.15) is 13.2 Å². The van der Waals surface area contributed by atoms with Crippen LogP contribution in [-0.2, 0) is 11.0 Å². The Hall–Kier alpha value is -3.09. The molecule has 2 rings (SSSR count). The summed E-state index contributed by atoms with van der Waals surface area (Å²) in [6.45, 7) is 0.0208. The van der Waals surface area contributed by atoms with Crippen molar-refractivity contribution >= 4 is 17.8 Å². The van der Waals surface area contributed by atoms with Crippen molar-refractivity contribution in [3.05, 3.63) is 71.3 Å². The average molecular weight is 364 g/mol. The number of carboxylic acid groups (broad SMARTS) is 1. The Labute approximate surface area is 147 Å². The molecule has 0 saturated heterocycles. The van der Waals surface area contributed by atoms with Crippen LogP contribution in [0, 0.1) is 0 Å². The smallest absolute Gasteiger partial charge is 0.416 e. The molecule has 0 aromatic heterocycles. The molecule has 0 spiro atoms. The van der Waals surface area contributed by atoms with Crippen LogP contribution in [0.3, 0.4) is 0 Å². The minimum atomic E-state index is -4.45. The third-order valence-corrected chi connectivity index (χ3v) is 3.37. The number of hydrogen-bond acceptors (Lipinski definition) is 3. The molecule has 1 N–H and O–H groups in total. The fourth-order valence-electron chi connectivity index (χ4n) is 2.06. The Morgan fingerprint density at radius 2 is 1.77 bits per heavy atom. The number of hydrogen-bond donors (Lipinski definition) is 1. The van der Waals surface area contributed by atoms with E-state index in [4.69, 9.17) is 9.84 Å². The van der Waals surface area contributed by atoms with Crippen molar-refractivity contribution in [2.45, 2.75) is 12.6 Å². The molecule has 7 heteroatoms. The van der Waals surface area contributed by atoms with Crippen molar-refractivity contribution < 1.29 is 32.6 Å². The summed E-state index contributed by atoms with van der Waals surface area (Å²) in [5.41, 5.74) is -0.0366. The van der Waals surface area contributed by atoms with Gasteiger partial charge in [0.2, 0.25) is 0 Å². The van der Waals surface area contributed by atoms with Crippen molar-refractivity contribution in [3.63, 3.8) is 0 Å². The van der Waals surface area contributed by atoms with Gasteiger partial charge in [0.15, 0.2) is 5.78 Å². The van der Waals surface area contributed by atoms with Gasteiger partial charge in [0.1, 0.15) is 5.75 Å². The van der Waals surface area contributed by atoms with E-state index < -0.39 is 23.5 Å². The van der Waals surface area contributed by atoms with Gasteiger partial charge >= 0.3 is 12.1 Å². The van der Waals surface area contributed by atoms with E-state index in [1.807, 2.05) is 0 Å². The van der Waals surface area contributed by atoms with Crippen molar-refractivity contribution in [1.82, 2.24) is 0 Å². The van der Waals surface area contributed by atoms with Crippen molar-refractivity contribution in [1.29, 1.82) is 0 Å². The Kier molecular flexibility index (Phi) is 6.16. The normalized spacial score (nSPS) is 11.5. The number of benzene rings is 2. The van der Waals surface area contributed by atoms with E-state index >= 15 is 0 Å². The van der Waals surface area contributed by atoms with Crippen molar-refractivity contribution in [3.8, 4) is 5.75 Å². The third-order valence-electron chi connectivity index (χ3n) is 3.37. The van der Waals surface area contributed by atoms with Crippen LogP contribution in [0.15, 0.2) is 54.6 Å². The number of ether oxygens (including phenoxy) is 1. The summed E-state index contributed by atoms with van der Waals surface area (Å²) >= 11 is 0. The van der Waals surface area contributed by atoms with Crippen LogP contribution in [-0.4, -0.2) is 23.5 Å². The standard InChI is InChI=1S/C19H15F3O4/c20-19(21,22)15-7-5-14(6-8-15)17(23)9-4-13-2-1-3-16(12-13)26-11-10-18(24)25/h1-9,12H,10-11H2,(H,24,25)/b9-4+. The third kappa shape index (κ3) is 5.77. The topological polar surface area (TPSA) is 63.6 Å². The Morgan fingerprint density at radius 3 is 2.38 bits per heavy atom. The molecule has 26 heavy (non-hydrogen) atoms. The molecular formula is C19H15F3O4. The molecule has 4 nitrogen and oxygen atoms in total. The van der Waals surface area contributed by atoms with Gasteiger partial charge in [-0.15, -0.1) is 0 Å². The molecule has 2 aromatic rings. The lowest BCUT2D eigenvalue weighted by molar-refractivity contribution is -0.138. The molecule has 0 aliphatic heterocycles. The summed E-state index contributed by atoms with van der Waals surface area (Å²) in [7, 11) is 0. The monoisotopic (exact) mass is 364 g/mol. The lowest BCUT2D eigenvalue weighted by Gasteiger charge is -2.06. The van der Waals surface area contributed by atoms with E-state index in [1.54, 1.807) is 24.3 Å². The number of carboxylic acids is 1. The maximum atomic E-state index is 12.5. The van der Waals surface area contributed by atoms with E-state index in [0.29, 0.717) is 11.3 Å². The maximum Gasteiger partial charge on any atom is 0.416 e. The highest BCUT2D eigenvalue weighted by molar-refractivity contribution is 6.06. The summed E-state index contributed by atoms with van der Waals surface area (Å²) < 4.78 is 42.8. The Bertz CT molecular complexity index is 808. The zero-order valence-corrected chi connectivity index (χ0v) is 13.5. The maximum absolute atomic E-state index is 12.5. The first kappa shape index (κ1) is 19.2. The number of halogens is 3. The minimum Gasteiger partial charge on any atom is -0.493 e. The van der Waals surface area contributed by atoms with E-state index in [1.165, 1.54) is 12.2 Å². The fraction of sp³-hybridized carbons (Fsp3) is 0.158. The van der Waals surface area contributed by atoms with Gasteiger partial charge < -0.3 is 9.84 Å². The molecule has 0 saturated carbocycles. The fourth-order valence-corrected chi connectivity index (χ4v) is 2.06. The number of ketones is 1. The van der Waals surface area contributed by atoms with Crippen LogP contribution >= 0.6 is 0 Å². The van der Waals surface area contributed by atoms with E-state index in [9.17, 15) is 22.8 Å². The molecule has 0 bridgehead atoms. The zero-order valence-electron chi connectivity index (χ0n) is 13.5. The molecule has 136 valence electrons. The lowest BCUT2D eigenvalue weighted by Crippen LogP contribution is -2.05. The summed E-state index contributed by atoms with van der Waals surface area (Å²) in [4.78, 5) is 22.5. The van der Waals surface area contributed by atoms with E-state index in [-0.39, 0.29) is 18.6 Å². The number of alkyl halides is 3. The van der Waals surface area contributed by atoms with Gasteiger partial charge in [-0.25, -0.2) is 0 Å². The molecule has 0 aliphatic carbocycles. The van der Waals surface area contributed by atoms with Gasteiger partial charge in [-0.05, 0) is 35.9 Å². The first-order valence-corrected chi connectivity index (χ1v) is 7.60. The summed E-state index contributed by atoms with van der Waals surface area (Å²) in [6, 6.07) is 10.6. The van der Waals surface area contributed by atoms with E-state index in [0.717, 1.165) is 24.3 Å². The molecule has 0 fully saturated rings. The number of carbonyl (C=O) groups excluding carboxylic acids is 1. The van der Waals surface area contributed by atoms with Gasteiger partial charge in [-0.1, -0.05) is 30.3 Å². The Balaban J connectivity index is 2.02. The molecule has 0 radical (unpaired) electrons. The highest BCUT2D eigenvalue weighted by atomic mass is 19.4. The molecular weight excluding hydrogens is 349 g/mol. The predicted molar refractivity (Wildman–Crippen MR) is 89.0 cm³/mol. The molecule has 0 aliphatic rings. The highest BCUT2D eigenvalue weighted by Gasteiger charge is 2.30. The molecule has 0 heterocycles. The van der Waals surface area contributed by atoms with Crippen molar-refractivity contribution in [2.24, 2.45) is 0 Å². The van der Waals surface area contributed by atoms with E-state index in [2.05, 4.69) is 0 Å². The molecule has 0 unspecified atom stereocenters. The van der Waals surface area contributed by atoms with Gasteiger partial charge in [0, 0.05) is 5.56 Å². The van der Waals surface area contributed by atoms with Crippen LogP contribution < -0.4 is 4.74 Å². The lowest BCUT2D eigenvalue weighted by atomic mass is 10.1. The van der Waals surface area contributed by atoms with Crippen molar-refractivity contribution in [2.75, 3.05) is 6.61 Å². The van der Waals surface area contributed by atoms with Gasteiger partial charge in [-0.3, -0.25) is 9.59 Å². The first-order chi connectivity index (χ1) is 12.3.